The smallest absolute Gasteiger partial charge is 0.0513 e. The van der Waals surface area contributed by atoms with Crippen molar-refractivity contribution in [3.05, 3.63) is 35.5 Å². The maximum atomic E-state index is 3.40. The molecule has 2 heteroatoms. The Bertz CT molecular complexity index is 483. The number of hydrogen-bond acceptors (Lipinski definition) is 1. The van der Waals surface area contributed by atoms with Crippen LogP contribution in [0, 0.1) is 6.92 Å². The van der Waals surface area contributed by atoms with Crippen LogP contribution in [-0.4, -0.2) is 11.1 Å². The van der Waals surface area contributed by atoms with E-state index in [4.69, 9.17) is 0 Å². The molecule has 86 valence electrons. The van der Waals surface area contributed by atoms with E-state index < -0.39 is 0 Å². The molecule has 0 radical (unpaired) electrons. The van der Waals surface area contributed by atoms with E-state index in [2.05, 4.69) is 55.1 Å². The van der Waals surface area contributed by atoms with E-state index in [0.717, 1.165) is 19.6 Å². The number of rotatable bonds is 4. The summed E-state index contributed by atoms with van der Waals surface area (Å²) in [5.41, 5.74) is 4.16. The van der Waals surface area contributed by atoms with Crippen LogP contribution in [0.3, 0.4) is 0 Å². The van der Waals surface area contributed by atoms with Gasteiger partial charge in [-0.15, -0.1) is 0 Å². The lowest BCUT2D eigenvalue weighted by atomic mass is 10.1. The van der Waals surface area contributed by atoms with Gasteiger partial charge in [0.2, 0.25) is 0 Å². The second kappa shape index (κ2) is 4.71. The highest BCUT2D eigenvalue weighted by molar-refractivity contribution is 5.86. The van der Waals surface area contributed by atoms with Crippen LogP contribution in [0.5, 0.6) is 0 Å². The summed E-state index contributed by atoms with van der Waals surface area (Å²) in [6, 6.07) is 6.56. The van der Waals surface area contributed by atoms with Gasteiger partial charge in [0.05, 0.1) is 5.52 Å². The molecule has 2 nitrogen and oxygen atoms in total. The molecule has 0 aliphatic rings. The Morgan fingerprint density at radius 2 is 2.06 bits per heavy atom. The van der Waals surface area contributed by atoms with E-state index in [1.54, 1.807) is 0 Å². The van der Waals surface area contributed by atoms with Gasteiger partial charge in [-0.1, -0.05) is 25.1 Å². The third-order valence-corrected chi connectivity index (χ3v) is 3.09. The summed E-state index contributed by atoms with van der Waals surface area (Å²) in [6.07, 6.45) is 2.28. The van der Waals surface area contributed by atoms with Gasteiger partial charge in [-0.2, -0.15) is 0 Å². The molecular formula is C14H20N2. The summed E-state index contributed by atoms with van der Waals surface area (Å²) in [5, 5.41) is 4.79. The zero-order chi connectivity index (χ0) is 11.5. The molecule has 0 atom stereocenters. The van der Waals surface area contributed by atoms with Gasteiger partial charge in [0.25, 0.3) is 0 Å². The maximum absolute atomic E-state index is 3.40. The van der Waals surface area contributed by atoms with E-state index in [-0.39, 0.29) is 0 Å². The van der Waals surface area contributed by atoms with Crippen LogP contribution in [0.2, 0.25) is 0 Å². The Hall–Kier alpha value is -1.28. The average molecular weight is 216 g/mol. The van der Waals surface area contributed by atoms with Crippen LogP contribution in [0.15, 0.2) is 24.4 Å². The van der Waals surface area contributed by atoms with E-state index >= 15 is 0 Å². The number of nitrogens with zero attached hydrogens (tertiary/aromatic N) is 1. The summed E-state index contributed by atoms with van der Waals surface area (Å²) in [6.45, 7) is 9.54. The summed E-state index contributed by atoms with van der Waals surface area (Å²) in [5.74, 6) is 0. The van der Waals surface area contributed by atoms with Crippen LogP contribution in [-0.2, 0) is 13.1 Å². The lowest BCUT2D eigenvalue weighted by molar-refractivity contribution is 0.721. The fourth-order valence-corrected chi connectivity index (χ4v) is 2.27. The number of hydrogen-bond donors (Lipinski definition) is 1. The average Bonchev–Trinajstić information content (AvgIpc) is 2.66. The summed E-state index contributed by atoms with van der Waals surface area (Å²) < 4.78 is 2.34. The highest BCUT2D eigenvalue weighted by Crippen LogP contribution is 2.24. The molecular weight excluding hydrogens is 196 g/mol. The highest BCUT2D eigenvalue weighted by atomic mass is 15.0. The van der Waals surface area contributed by atoms with Crippen molar-refractivity contribution in [2.45, 2.75) is 33.9 Å². The second-order valence-electron chi connectivity index (χ2n) is 4.19. The van der Waals surface area contributed by atoms with Gasteiger partial charge in [0, 0.05) is 24.7 Å². The minimum Gasteiger partial charge on any atom is -0.347 e. The first-order valence-electron chi connectivity index (χ1n) is 6.06. The van der Waals surface area contributed by atoms with Gasteiger partial charge in [0.15, 0.2) is 0 Å². The molecule has 1 heterocycles. The van der Waals surface area contributed by atoms with Gasteiger partial charge in [-0.05, 0) is 31.5 Å². The van der Waals surface area contributed by atoms with E-state index in [0.29, 0.717) is 0 Å². The summed E-state index contributed by atoms with van der Waals surface area (Å²) in [7, 11) is 0. The molecule has 0 unspecified atom stereocenters. The summed E-state index contributed by atoms with van der Waals surface area (Å²) in [4.78, 5) is 0. The molecule has 0 saturated heterocycles. The van der Waals surface area contributed by atoms with E-state index in [1.807, 2.05) is 0 Å². The third kappa shape index (κ3) is 1.85. The standard InChI is InChI=1S/C14H20N2/c1-4-15-9-12-10-16(5-2)14-11(3)7-6-8-13(12)14/h6-8,10,15H,4-5,9H2,1-3H3. The number of nitrogens with one attached hydrogen (secondary N) is 1. The molecule has 0 spiro atoms. The number of aromatic nitrogens is 1. The third-order valence-electron chi connectivity index (χ3n) is 3.09. The fourth-order valence-electron chi connectivity index (χ4n) is 2.27. The van der Waals surface area contributed by atoms with Gasteiger partial charge in [-0.25, -0.2) is 0 Å². The molecule has 2 rings (SSSR count). The Kier molecular flexibility index (Phi) is 3.30. The van der Waals surface area contributed by atoms with Crippen LogP contribution < -0.4 is 5.32 Å². The first-order valence-corrected chi connectivity index (χ1v) is 6.06. The van der Waals surface area contributed by atoms with Crippen LogP contribution >= 0.6 is 0 Å². The number of fused-ring (bicyclic) bond motifs is 1. The monoisotopic (exact) mass is 216 g/mol. The predicted molar refractivity (Wildman–Crippen MR) is 69.7 cm³/mol. The topological polar surface area (TPSA) is 17.0 Å². The van der Waals surface area contributed by atoms with Crippen molar-refractivity contribution in [2.75, 3.05) is 6.54 Å². The zero-order valence-corrected chi connectivity index (χ0v) is 10.4. The second-order valence-corrected chi connectivity index (χ2v) is 4.19. The first kappa shape index (κ1) is 11.2. The number of benzene rings is 1. The van der Waals surface area contributed by atoms with Crippen molar-refractivity contribution >= 4 is 10.9 Å². The first-order chi connectivity index (χ1) is 7.77. The lowest BCUT2D eigenvalue weighted by Gasteiger charge is -2.03. The van der Waals surface area contributed by atoms with Crippen molar-refractivity contribution in [2.24, 2.45) is 0 Å². The van der Waals surface area contributed by atoms with Gasteiger partial charge < -0.3 is 9.88 Å². The minimum atomic E-state index is 0.962. The van der Waals surface area contributed by atoms with Crippen LogP contribution in [0.1, 0.15) is 25.0 Å². The van der Waals surface area contributed by atoms with Crippen molar-refractivity contribution in [3.63, 3.8) is 0 Å². The van der Waals surface area contributed by atoms with Crippen LogP contribution in [0.25, 0.3) is 10.9 Å². The Morgan fingerprint density at radius 1 is 1.25 bits per heavy atom. The van der Waals surface area contributed by atoms with Crippen molar-refractivity contribution in [1.82, 2.24) is 9.88 Å². The molecule has 0 fully saturated rings. The van der Waals surface area contributed by atoms with Crippen molar-refractivity contribution in [1.29, 1.82) is 0 Å². The van der Waals surface area contributed by atoms with Gasteiger partial charge >= 0.3 is 0 Å². The van der Waals surface area contributed by atoms with Crippen molar-refractivity contribution in [3.8, 4) is 0 Å². The predicted octanol–water partition coefficient (Wildman–Crippen LogP) is 3.08. The molecule has 0 aliphatic carbocycles. The van der Waals surface area contributed by atoms with Gasteiger partial charge in [-0.3, -0.25) is 0 Å². The number of para-hydroxylation sites is 1. The Morgan fingerprint density at radius 3 is 2.75 bits per heavy atom. The van der Waals surface area contributed by atoms with Crippen LogP contribution in [0.4, 0.5) is 0 Å². The minimum absolute atomic E-state index is 0.962. The molecule has 2 aromatic rings. The molecule has 0 bridgehead atoms. The molecule has 0 aliphatic heterocycles. The maximum Gasteiger partial charge on any atom is 0.0513 e. The molecule has 1 N–H and O–H groups in total. The SMILES string of the molecule is CCNCc1cn(CC)c2c(C)cccc12. The van der Waals surface area contributed by atoms with E-state index in [1.165, 1.54) is 22.0 Å². The highest BCUT2D eigenvalue weighted by Gasteiger charge is 2.08. The molecule has 0 amide bonds. The molecule has 1 aromatic heterocycles. The summed E-state index contributed by atoms with van der Waals surface area (Å²) >= 11 is 0. The van der Waals surface area contributed by atoms with Gasteiger partial charge in [0.1, 0.15) is 0 Å². The zero-order valence-electron chi connectivity index (χ0n) is 10.4. The normalized spacial score (nSPS) is 11.2. The molecule has 1 aromatic carbocycles. The number of aryl methyl sites for hydroxylation is 2. The molecule has 16 heavy (non-hydrogen) atoms. The Labute approximate surface area is 97.3 Å². The largest absolute Gasteiger partial charge is 0.347 e. The molecule has 0 saturated carbocycles. The van der Waals surface area contributed by atoms with Crippen molar-refractivity contribution < 1.29 is 0 Å². The lowest BCUT2D eigenvalue weighted by Crippen LogP contribution is -2.11. The Balaban J connectivity index is 2.54. The van der Waals surface area contributed by atoms with E-state index in [9.17, 15) is 0 Å². The fraction of sp³-hybridized carbons (Fsp3) is 0.429. The quantitative estimate of drug-likeness (QED) is 0.831.